The van der Waals surface area contributed by atoms with E-state index in [0.29, 0.717) is 0 Å². The fraction of sp³-hybridized carbons (Fsp3) is 1.00. The van der Waals surface area contributed by atoms with Crippen LogP contribution in [0.3, 0.4) is 0 Å². The lowest BCUT2D eigenvalue weighted by molar-refractivity contribution is 0.286. The van der Waals surface area contributed by atoms with E-state index >= 15 is 0 Å². The van der Waals surface area contributed by atoms with Gasteiger partial charge in [0.15, 0.2) is 4.30 Å². The Kier molecular flexibility index (Phi) is 12.2. The Morgan fingerprint density at radius 2 is 1.38 bits per heavy atom. The highest BCUT2D eigenvalue weighted by atomic mass is 35.6. The molecule has 0 amide bonds. The van der Waals surface area contributed by atoms with Crippen LogP contribution >= 0.6 is 47.4 Å². The van der Waals surface area contributed by atoms with E-state index in [-0.39, 0.29) is 0 Å². The zero-order chi connectivity index (χ0) is 7.15. The van der Waals surface area contributed by atoms with Gasteiger partial charge in [-0.05, 0) is 6.92 Å². The summed E-state index contributed by atoms with van der Waals surface area (Å²) in [6, 6.07) is 0. The van der Waals surface area contributed by atoms with Gasteiger partial charge >= 0.3 is 0 Å². The predicted octanol–water partition coefficient (Wildman–Crippen LogP) is 2.24. The van der Waals surface area contributed by atoms with Crippen LogP contribution in [0.25, 0.3) is 0 Å². The molecule has 0 aromatic carbocycles. The fourth-order valence-electron chi connectivity index (χ4n) is 0. The Morgan fingerprint density at radius 3 is 1.38 bits per heavy atom. The number of hydrogen-bond acceptors (Lipinski definition) is 2. The zero-order valence-electron chi connectivity index (χ0n) is 4.18. The average molecular weight is 198 g/mol. The van der Waals surface area contributed by atoms with Gasteiger partial charge in [0, 0.05) is 0 Å². The summed E-state index contributed by atoms with van der Waals surface area (Å²) in [5.41, 5.74) is -0.472. The van der Waals surface area contributed by atoms with Crippen LogP contribution in [0.15, 0.2) is 0 Å². The molecule has 0 rings (SSSR count). The maximum atomic E-state index is 7.92. The molecule has 0 aromatic rings. The second-order valence-electron chi connectivity index (χ2n) is 0.879. The molecule has 0 radical (unpaired) electrons. The Morgan fingerprint density at radius 1 is 1.38 bits per heavy atom. The van der Waals surface area contributed by atoms with Crippen molar-refractivity contribution < 1.29 is 5.11 Å². The van der Waals surface area contributed by atoms with E-state index in [9.17, 15) is 0 Å². The topological polar surface area (TPSA) is 20.2 Å². The van der Waals surface area contributed by atoms with Crippen LogP contribution < -0.4 is 0 Å². The van der Waals surface area contributed by atoms with Crippen LogP contribution in [-0.2, 0) is 0 Å². The van der Waals surface area contributed by atoms with Gasteiger partial charge < -0.3 is 5.11 Å². The van der Waals surface area contributed by atoms with E-state index in [1.54, 1.807) is 6.92 Å². The minimum atomic E-state index is -0.750. The molecule has 0 bridgehead atoms. The van der Waals surface area contributed by atoms with E-state index in [0.717, 1.165) is 0 Å². The summed E-state index contributed by atoms with van der Waals surface area (Å²) in [6.45, 7) is 1.59. The van der Waals surface area contributed by atoms with E-state index in [4.69, 9.17) is 39.9 Å². The minimum Gasteiger partial charge on any atom is -0.383 e. The van der Waals surface area contributed by atoms with Gasteiger partial charge in [0.2, 0.25) is 0 Å². The molecule has 0 saturated carbocycles. The Bertz CT molecular complexity index is 30.0. The molecule has 0 aromatic heterocycles. The van der Waals surface area contributed by atoms with E-state index in [2.05, 4.69) is 12.6 Å². The van der Waals surface area contributed by atoms with Gasteiger partial charge in [0.05, 0.1) is 5.44 Å². The molecule has 1 atom stereocenters. The maximum Gasteiger partial charge on any atom is 0.180 e. The van der Waals surface area contributed by atoms with Gasteiger partial charge in [-0.25, -0.2) is 0 Å². The quantitative estimate of drug-likeness (QED) is 0.347. The van der Waals surface area contributed by atoms with Gasteiger partial charge in [-0.3, -0.25) is 0 Å². The third-order valence-corrected chi connectivity index (χ3v) is 0. The summed E-state index contributed by atoms with van der Waals surface area (Å²) < 4.78 is -0.750. The molecule has 0 aliphatic carbocycles. The van der Waals surface area contributed by atoms with Crippen molar-refractivity contribution in [1.82, 2.24) is 0 Å². The summed E-state index contributed by atoms with van der Waals surface area (Å²) in [7, 11) is 0. The Labute approximate surface area is 69.3 Å². The normalized spacial score (nSPS) is 12.4. The zero-order valence-corrected chi connectivity index (χ0v) is 7.35. The monoisotopic (exact) mass is 196 g/mol. The highest BCUT2D eigenvalue weighted by Crippen LogP contribution is 2.03. The fourth-order valence-corrected chi connectivity index (χ4v) is 0. The second kappa shape index (κ2) is 8.18. The molecule has 0 fully saturated rings. The number of alkyl halides is 3. The first kappa shape index (κ1) is 11.9. The largest absolute Gasteiger partial charge is 0.383 e. The molecule has 0 saturated heterocycles. The number of rotatable bonds is 0. The molecular weight excluding hydrogens is 190 g/mol. The van der Waals surface area contributed by atoms with Crippen molar-refractivity contribution >= 4 is 47.4 Å². The molecule has 8 heavy (non-hydrogen) atoms. The van der Waals surface area contributed by atoms with Crippen molar-refractivity contribution in [2.75, 3.05) is 0 Å². The molecule has 0 aliphatic rings. The number of thiol groups is 1. The standard InChI is InChI=1S/C2H6OS.CHCl3/c1-2(3)4;2-1(3)4/h2-4H,1H3;1H. The lowest BCUT2D eigenvalue weighted by atomic mass is 10.9. The van der Waals surface area contributed by atoms with E-state index in [1.165, 1.54) is 0 Å². The van der Waals surface area contributed by atoms with Crippen LogP contribution in [0.4, 0.5) is 0 Å². The number of aliphatic hydroxyl groups excluding tert-OH is 1. The first-order chi connectivity index (χ1) is 3.46. The molecule has 0 spiro atoms. The van der Waals surface area contributed by atoms with Crippen molar-refractivity contribution in [3.05, 3.63) is 0 Å². The summed E-state index contributed by atoms with van der Waals surface area (Å²) in [6.07, 6.45) is 0. The third kappa shape index (κ3) is 197. The van der Waals surface area contributed by atoms with Crippen LogP contribution in [0.5, 0.6) is 0 Å². The molecular formula is C3H7Cl3OS. The SMILES string of the molecule is CC(O)S.ClC(Cl)Cl. The first-order valence-electron chi connectivity index (χ1n) is 1.75. The van der Waals surface area contributed by atoms with Crippen LogP contribution in [-0.4, -0.2) is 14.8 Å². The smallest absolute Gasteiger partial charge is 0.180 e. The van der Waals surface area contributed by atoms with Gasteiger partial charge in [-0.2, -0.15) is 0 Å². The number of aliphatic hydroxyl groups is 1. The summed E-state index contributed by atoms with van der Waals surface area (Å²) in [4.78, 5) is 0. The maximum absolute atomic E-state index is 7.92. The molecule has 1 nitrogen and oxygen atoms in total. The summed E-state index contributed by atoms with van der Waals surface area (Å²) in [5.74, 6) is 0. The molecule has 0 heterocycles. The van der Waals surface area contributed by atoms with Gasteiger partial charge in [-0.1, -0.05) is 34.8 Å². The van der Waals surface area contributed by atoms with Crippen LogP contribution in [0.1, 0.15) is 6.92 Å². The highest BCUT2D eigenvalue weighted by molar-refractivity contribution is 7.80. The molecule has 0 aliphatic heterocycles. The summed E-state index contributed by atoms with van der Waals surface area (Å²) in [5, 5.41) is 7.92. The van der Waals surface area contributed by atoms with Crippen LogP contribution in [0.2, 0.25) is 0 Å². The highest BCUT2D eigenvalue weighted by Gasteiger charge is 1.78. The lowest BCUT2D eigenvalue weighted by Crippen LogP contribution is -1.79. The predicted molar refractivity (Wildman–Crippen MR) is 42.0 cm³/mol. The van der Waals surface area contributed by atoms with Crippen molar-refractivity contribution in [2.24, 2.45) is 0 Å². The lowest BCUT2D eigenvalue weighted by Gasteiger charge is -1.79. The van der Waals surface area contributed by atoms with Crippen LogP contribution in [0, 0.1) is 0 Å². The van der Waals surface area contributed by atoms with E-state index < -0.39 is 9.73 Å². The van der Waals surface area contributed by atoms with E-state index in [1.807, 2.05) is 0 Å². The Balaban J connectivity index is 0. The van der Waals surface area contributed by atoms with Gasteiger partial charge in [0.1, 0.15) is 0 Å². The average Bonchev–Trinajstić information content (AvgIpc) is 1.25. The van der Waals surface area contributed by atoms with Crippen molar-refractivity contribution in [3.63, 3.8) is 0 Å². The number of halogens is 3. The minimum absolute atomic E-state index is 0.472. The summed E-state index contributed by atoms with van der Waals surface area (Å²) >= 11 is 17.9. The Hall–Kier alpha value is 1.18. The van der Waals surface area contributed by atoms with Crippen molar-refractivity contribution in [3.8, 4) is 0 Å². The van der Waals surface area contributed by atoms with Gasteiger partial charge in [-0.15, -0.1) is 12.6 Å². The molecule has 1 N–H and O–H groups in total. The van der Waals surface area contributed by atoms with Crippen molar-refractivity contribution in [2.45, 2.75) is 16.7 Å². The third-order valence-electron chi connectivity index (χ3n) is 0. The number of hydrogen-bond donors (Lipinski definition) is 2. The molecule has 5 heteroatoms. The molecule has 52 valence electrons. The first-order valence-corrected chi connectivity index (χ1v) is 3.57. The molecule has 1 unspecified atom stereocenters. The van der Waals surface area contributed by atoms with Crippen molar-refractivity contribution in [1.29, 1.82) is 0 Å². The van der Waals surface area contributed by atoms with Gasteiger partial charge in [0.25, 0.3) is 0 Å². The second-order valence-corrected chi connectivity index (χ2v) is 3.61.